The maximum Gasteiger partial charge on any atom is 0.325 e. The number of amides is 4. The number of carbonyl (C=O) groups excluding carboxylic acids is 3. The van der Waals surface area contributed by atoms with Gasteiger partial charge in [-0.05, 0) is 33.2 Å². The molecule has 1 aromatic rings. The van der Waals surface area contributed by atoms with Crippen molar-refractivity contribution in [1.82, 2.24) is 20.4 Å². The molecule has 0 aliphatic carbocycles. The molecule has 0 aromatic carbocycles. The molecule has 120 valence electrons. The molecule has 8 nitrogen and oxygen atoms in total. The first-order valence-corrected chi connectivity index (χ1v) is 6.96. The lowest BCUT2D eigenvalue weighted by Crippen LogP contribution is -2.43. The Morgan fingerprint density at radius 1 is 1.45 bits per heavy atom. The van der Waals surface area contributed by atoms with Gasteiger partial charge in [0.05, 0.1) is 12.6 Å². The zero-order chi connectivity index (χ0) is 16.3. The van der Waals surface area contributed by atoms with Crippen molar-refractivity contribution in [1.29, 1.82) is 0 Å². The summed E-state index contributed by atoms with van der Waals surface area (Å²) in [6, 6.07) is 3.07. The number of hydrogen-bond acceptors (Lipinski definition) is 5. The molecule has 1 saturated heterocycles. The monoisotopic (exact) mass is 308 g/mol. The average molecular weight is 308 g/mol. The molecule has 4 amide bonds. The summed E-state index contributed by atoms with van der Waals surface area (Å²) in [6.45, 7) is 1.84. The summed E-state index contributed by atoms with van der Waals surface area (Å²) < 4.78 is 5.59. The van der Waals surface area contributed by atoms with Crippen LogP contribution in [0.2, 0.25) is 0 Å². The first-order chi connectivity index (χ1) is 10.4. The lowest BCUT2D eigenvalue weighted by Gasteiger charge is -2.23. The van der Waals surface area contributed by atoms with E-state index in [4.69, 9.17) is 4.42 Å². The summed E-state index contributed by atoms with van der Waals surface area (Å²) in [5.74, 6) is 0.761. The van der Waals surface area contributed by atoms with E-state index in [2.05, 4.69) is 10.6 Å². The van der Waals surface area contributed by atoms with Crippen LogP contribution in [0.1, 0.15) is 17.6 Å². The molecule has 0 saturated carbocycles. The molecule has 1 unspecified atom stereocenters. The summed E-state index contributed by atoms with van der Waals surface area (Å²) in [7, 11) is 3.76. The summed E-state index contributed by atoms with van der Waals surface area (Å²) in [6.07, 6.45) is 0. The zero-order valence-electron chi connectivity index (χ0n) is 12.9. The van der Waals surface area contributed by atoms with Gasteiger partial charge in [0.25, 0.3) is 5.91 Å². The Morgan fingerprint density at radius 3 is 2.68 bits per heavy atom. The third-order valence-electron chi connectivity index (χ3n) is 3.44. The van der Waals surface area contributed by atoms with Gasteiger partial charge in [-0.2, -0.15) is 0 Å². The van der Waals surface area contributed by atoms with Gasteiger partial charge in [-0.25, -0.2) is 4.79 Å². The smallest absolute Gasteiger partial charge is 0.325 e. The van der Waals surface area contributed by atoms with Crippen molar-refractivity contribution in [3.8, 4) is 0 Å². The third-order valence-corrected chi connectivity index (χ3v) is 3.44. The highest BCUT2D eigenvalue weighted by Crippen LogP contribution is 2.19. The second-order valence-corrected chi connectivity index (χ2v) is 5.37. The molecule has 2 rings (SSSR count). The summed E-state index contributed by atoms with van der Waals surface area (Å²) in [4.78, 5) is 37.6. The van der Waals surface area contributed by atoms with E-state index in [9.17, 15) is 14.4 Å². The molecule has 2 heterocycles. The number of carbonyl (C=O) groups is 3. The quantitative estimate of drug-likeness (QED) is 0.713. The fourth-order valence-electron chi connectivity index (χ4n) is 2.20. The van der Waals surface area contributed by atoms with Crippen molar-refractivity contribution < 1.29 is 18.8 Å². The second kappa shape index (κ2) is 6.61. The minimum absolute atomic E-state index is 0.0574. The molecule has 0 spiro atoms. The fourth-order valence-corrected chi connectivity index (χ4v) is 2.20. The average Bonchev–Trinajstić information content (AvgIpc) is 2.99. The van der Waals surface area contributed by atoms with Gasteiger partial charge in [0.1, 0.15) is 18.1 Å². The summed E-state index contributed by atoms with van der Waals surface area (Å²) in [5, 5.41) is 5.10. The summed E-state index contributed by atoms with van der Waals surface area (Å²) >= 11 is 0. The van der Waals surface area contributed by atoms with Gasteiger partial charge in [-0.15, -0.1) is 0 Å². The van der Waals surface area contributed by atoms with Crippen LogP contribution in [0.3, 0.4) is 0 Å². The minimum Gasteiger partial charge on any atom is -0.465 e. The van der Waals surface area contributed by atoms with E-state index in [1.165, 1.54) is 0 Å². The van der Waals surface area contributed by atoms with Gasteiger partial charge in [0.2, 0.25) is 5.91 Å². The number of aryl methyl sites for hydroxylation is 1. The minimum atomic E-state index is -0.536. The van der Waals surface area contributed by atoms with Crippen LogP contribution in [0.5, 0.6) is 0 Å². The van der Waals surface area contributed by atoms with Crippen LogP contribution in [0.15, 0.2) is 16.5 Å². The van der Waals surface area contributed by atoms with Crippen molar-refractivity contribution in [3.63, 3.8) is 0 Å². The van der Waals surface area contributed by atoms with Crippen LogP contribution in [0.25, 0.3) is 0 Å². The number of furan rings is 1. The Morgan fingerprint density at radius 2 is 2.18 bits per heavy atom. The van der Waals surface area contributed by atoms with Gasteiger partial charge < -0.3 is 15.1 Å². The van der Waals surface area contributed by atoms with Crippen molar-refractivity contribution in [2.45, 2.75) is 13.0 Å². The number of urea groups is 1. The Balaban J connectivity index is 1.91. The maximum absolute atomic E-state index is 11.9. The molecule has 0 bridgehead atoms. The van der Waals surface area contributed by atoms with Crippen LogP contribution in [-0.2, 0) is 9.59 Å². The molecular formula is C14H20N4O4. The molecular weight excluding hydrogens is 288 g/mol. The van der Waals surface area contributed by atoms with Crippen LogP contribution in [0, 0.1) is 6.92 Å². The first kappa shape index (κ1) is 16.0. The van der Waals surface area contributed by atoms with E-state index >= 15 is 0 Å². The standard InChI is InChI=1S/C14H20N4O4/c1-9-4-5-11(22-9)10(17(2)3)6-15-12(19)8-18-13(20)7-16-14(18)21/h4-5,10H,6-8H2,1-3H3,(H,15,19)(H,16,21). The SMILES string of the molecule is Cc1ccc(C(CNC(=O)CN2C(=O)CNC2=O)N(C)C)o1. The Hall–Kier alpha value is -2.35. The Bertz CT molecular complexity index is 565. The number of likely N-dealkylation sites (N-methyl/N-ethyl adjacent to an activating group) is 1. The summed E-state index contributed by atoms with van der Waals surface area (Å²) in [5.41, 5.74) is 0. The van der Waals surface area contributed by atoms with E-state index in [0.29, 0.717) is 6.54 Å². The Kier molecular flexibility index (Phi) is 4.81. The highest BCUT2D eigenvalue weighted by atomic mass is 16.3. The number of nitrogens with one attached hydrogen (secondary N) is 2. The van der Waals surface area contributed by atoms with Crippen LogP contribution >= 0.6 is 0 Å². The van der Waals surface area contributed by atoms with Gasteiger partial charge in [-0.3, -0.25) is 19.4 Å². The molecule has 1 aliphatic heterocycles. The predicted octanol–water partition coefficient (Wildman–Crippen LogP) is -0.141. The second-order valence-electron chi connectivity index (χ2n) is 5.37. The highest BCUT2D eigenvalue weighted by molar-refractivity contribution is 6.04. The molecule has 22 heavy (non-hydrogen) atoms. The van der Waals surface area contributed by atoms with E-state index in [0.717, 1.165) is 16.4 Å². The van der Waals surface area contributed by atoms with Crippen molar-refractivity contribution in [2.24, 2.45) is 0 Å². The fraction of sp³-hybridized carbons (Fsp3) is 0.500. The van der Waals surface area contributed by atoms with Gasteiger partial charge >= 0.3 is 6.03 Å². The number of imide groups is 1. The van der Waals surface area contributed by atoms with Crippen molar-refractivity contribution in [3.05, 3.63) is 23.7 Å². The van der Waals surface area contributed by atoms with Gasteiger partial charge in [0, 0.05) is 6.54 Å². The number of rotatable bonds is 6. The van der Waals surface area contributed by atoms with E-state index in [-0.39, 0.29) is 25.0 Å². The molecule has 1 aliphatic rings. The van der Waals surface area contributed by atoms with Crippen molar-refractivity contribution >= 4 is 17.8 Å². The van der Waals surface area contributed by atoms with Gasteiger partial charge in [0.15, 0.2) is 0 Å². The molecule has 1 fully saturated rings. The van der Waals surface area contributed by atoms with Crippen molar-refractivity contribution in [2.75, 3.05) is 33.7 Å². The first-order valence-electron chi connectivity index (χ1n) is 6.96. The highest BCUT2D eigenvalue weighted by Gasteiger charge is 2.30. The number of hydrogen-bond donors (Lipinski definition) is 2. The topological polar surface area (TPSA) is 94.9 Å². The predicted molar refractivity (Wildman–Crippen MR) is 78.0 cm³/mol. The molecule has 1 atom stereocenters. The van der Waals surface area contributed by atoms with Crippen LogP contribution in [-0.4, -0.2) is 61.4 Å². The maximum atomic E-state index is 11.9. The number of nitrogens with zero attached hydrogens (tertiary/aromatic N) is 2. The Labute approximate surface area is 128 Å². The largest absolute Gasteiger partial charge is 0.465 e. The van der Waals surface area contributed by atoms with Crippen LogP contribution in [0.4, 0.5) is 4.79 Å². The zero-order valence-corrected chi connectivity index (χ0v) is 12.9. The lowest BCUT2D eigenvalue weighted by molar-refractivity contribution is -0.130. The van der Waals surface area contributed by atoms with Gasteiger partial charge in [-0.1, -0.05) is 0 Å². The third kappa shape index (κ3) is 3.64. The molecule has 8 heteroatoms. The van der Waals surface area contributed by atoms with Crippen LogP contribution < -0.4 is 10.6 Å². The molecule has 0 radical (unpaired) electrons. The van der Waals surface area contributed by atoms with E-state index in [1.54, 1.807) is 0 Å². The lowest BCUT2D eigenvalue weighted by atomic mass is 10.2. The van der Waals surface area contributed by atoms with E-state index in [1.807, 2.05) is 38.1 Å². The normalized spacial score (nSPS) is 16.1. The molecule has 1 aromatic heterocycles. The molecule has 2 N–H and O–H groups in total. The van der Waals surface area contributed by atoms with E-state index < -0.39 is 11.9 Å².